The zero-order valence-electron chi connectivity index (χ0n) is 11.8. The van der Waals surface area contributed by atoms with Crippen molar-refractivity contribution in [1.82, 2.24) is 9.38 Å². The summed E-state index contributed by atoms with van der Waals surface area (Å²) in [5, 5.41) is 4.51. The summed E-state index contributed by atoms with van der Waals surface area (Å²) < 4.78 is 1.55. The summed E-state index contributed by atoms with van der Waals surface area (Å²) >= 11 is 2.81. The van der Waals surface area contributed by atoms with E-state index in [4.69, 9.17) is 0 Å². The molecule has 21 heavy (non-hydrogen) atoms. The fourth-order valence-electron chi connectivity index (χ4n) is 2.06. The molecule has 3 heterocycles. The first-order valence-electron chi connectivity index (χ1n) is 6.33. The Bertz CT molecular complexity index is 891. The van der Waals surface area contributed by atoms with Crippen LogP contribution in [0.15, 0.2) is 22.3 Å². The van der Waals surface area contributed by atoms with Crippen molar-refractivity contribution in [2.45, 2.75) is 20.8 Å². The number of anilines is 1. The standard InChI is InChI=1S/C14H13N3O2S2/c1-7-11(16-12(18)10-5-4-6-20-10)13(19)17-8(2)9(3)21-14(17)15-7/h4-6H,1-3H3,(H,16,18). The third-order valence-electron chi connectivity index (χ3n) is 3.31. The molecule has 0 saturated carbocycles. The SMILES string of the molecule is Cc1nc2sc(C)c(C)n2c(=O)c1NC(=O)c1cccs1. The molecule has 108 valence electrons. The molecule has 3 aromatic rings. The first kappa shape index (κ1) is 14.0. The molecule has 1 amide bonds. The van der Waals surface area contributed by atoms with E-state index in [1.54, 1.807) is 23.5 Å². The van der Waals surface area contributed by atoms with Crippen LogP contribution >= 0.6 is 22.7 Å². The number of fused-ring (bicyclic) bond motifs is 1. The Morgan fingerprint density at radius 2 is 2.10 bits per heavy atom. The van der Waals surface area contributed by atoms with Crippen molar-refractivity contribution >= 4 is 39.2 Å². The van der Waals surface area contributed by atoms with Gasteiger partial charge in [0, 0.05) is 10.6 Å². The smallest absolute Gasteiger partial charge is 0.282 e. The lowest BCUT2D eigenvalue weighted by atomic mass is 10.3. The van der Waals surface area contributed by atoms with Crippen molar-refractivity contribution in [2.75, 3.05) is 5.32 Å². The lowest BCUT2D eigenvalue weighted by molar-refractivity contribution is 0.103. The second kappa shape index (κ2) is 5.09. The maximum atomic E-state index is 12.6. The lowest BCUT2D eigenvalue weighted by Gasteiger charge is -2.07. The van der Waals surface area contributed by atoms with Gasteiger partial charge < -0.3 is 5.32 Å². The van der Waals surface area contributed by atoms with Crippen molar-refractivity contribution in [3.63, 3.8) is 0 Å². The summed E-state index contributed by atoms with van der Waals surface area (Å²) in [6.07, 6.45) is 0. The monoisotopic (exact) mass is 319 g/mol. The van der Waals surface area contributed by atoms with Crippen molar-refractivity contribution in [3.8, 4) is 0 Å². The van der Waals surface area contributed by atoms with Crippen LogP contribution in [0.25, 0.3) is 4.96 Å². The van der Waals surface area contributed by atoms with Crippen molar-refractivity contribution in [3.05, 3.63) is 49.0 Å². The van der Waals surface area contributed by atoms with E-state index in [9.17, 15) is 9.59 Å². The van der Waals surface area contributed by atoms with E-state index in [0.29, 0.717) is 15.5 Å². The first-order chi connectivity index (χ1) is 9.99. The van der Waals surface area contributed by atoms with Gasteiger partial charge in [0.1, 0.15) is 5.69 Å². The van der Waals surface area contributed by atoms with Gasteiger partial charge in [0.25, 0.3) is 11.5 Å². The lowest BCUT2D eigenvalue weighted by Crippen LogP contribution is -2.24. The van der Waals surface area contributed by atoms with E-state index in [1.807, 2.05) is 19.2 Å². The Balaban J connectivity index is 2.12. The Labute approximate surface area is 128 Å². The molecule has 3 aromatic heterocycles. The summed E-state index contributed by atoms with van der Waals surface area (Å²) in [4.78, 5) is 31.4. The fraction of sp³-hybridized carbons (Fsp3) is 0.214. The van der Waals surface area contributed by atoms with Crippen LogP contribution in [0.5, 0.6) is 0 Å². The average Bonchev–Trinajstić information content (AvgIpc) is 3.04. The van der Waals surface area contributed by atoms with E-state index in [1.165, 1.54) is 22.7 Å². The number of nitrogens with one attached hydrogen (secondary N) is 1. The third-order valence-corrected chi connectivity index (χ3v) is 5.23. The van der Waals surface area contributed by atoms with Gasteiger partial charge in [-0.3, -0.25) is 14.0 Å². The van der Waals surface area contributed by atoms with Crippen LogP contribution in [-0.4, -0.2) is 15.3 Å². The van der Waals surface area contributed by atoms with Crippen molar-refractivity contribution in [2.24, 2.45) is 0 Å². The highest BCUT2D eigenvalue weighted by atomic mass is 32.1. The number of aromatic nitrogens is 2. The molecule has 3 rings (SSSR count). The highest BCUT2D eigenvalue weighted by Gasteiger charge is 2.17. The second-order valence-corrected chi connectivity index (χ2v) is 6.80. The predicted octanol–water partition coefficient (Wildman–Crippen LogP) is 3.00. The van der Waals surface area contributed by atoms with Crippen LogP contribution in [0.4, 0.5) is 5.69 Å². The van der Waals surface area contributed by atoms with Gasteiger partial charge in [0.05, 0.1) is 10.6 Å². The average molecular weight is 319 g/mol. The van der Waals surface area contributed by atoms with E-state index in [0.717, 1.165) is 10.6 Å². The van der Waals surface area contributed by atoms with E-state index in [-0.39, 0.29) is 17.2 Å². The number of carbonyl (C=O) groups excluding carboxylic acids is 1. The number of aryl methyl sites for hydroxylation is 3. The molecule has 0 spiro atoms. The highest BCUT2D eigenvalue weighted by molar-refractivity contribution is 7.17. The van der Waals surface area contributed by atoms with Gasteiger partial charge in [-0.15, -0.1) is 22.7 Å². The Hall–Kier alpha value is -1.99. The zero-order valence-corrected chi connectivity index (χ0v) is 13.4. The van der Waals surface area contributed by atoms with Crippen molar-refractivity contribution in [1.29, 1.82) is 0 Å². The molecule has 5 nitrogen and oxygen atoms in total. The maximum absolute atomic E-state index is 12.6. The molecule has 0 unspecified atom stereocenters. The van der Waals surface area contributed by atoms with Gasteiger partial charge >= 0.3 is 0 Å². The van der Waals surface area contributed by atoms with Gasteiger partial charge in [0.2, 0.25) is 0 Å². The molecule has 0 radical (unpaired) electrons. The van der Waals surface area contributed by atoms with Gasteiger partial charge in [0.15, 0.2) is 4.96 Å². The van der Waals surface area contributed by atoms with Crippen LogP contribution in [0.3, 0.4) is 0 Å². The minimum Gasteiger partial charge on any atom is -0.315 e. The molecule has 7 heteroatoms. The predicted molar refractivity (Wildman–Crippen MR) is 85.8 cm³/mol. The van der Waals surface area contributed by atoms with Crippen LogP contribution < -0.4 is 10.9 Å². The Kier molecular flexibility index (Phi) is 3.38. The summed E-state index contributed by atoms with van der Waals surface area (Å²) in [5.74, 6) is -0.281. The van der Waals surface area contributed by atoms with E-state index >= 15 is 0 Å². The normalized spacial score (nSPS) is 11.0. The molecule has 0 atom stereocenters. The molecular formula is C14H13N3O2S2. The number of amides is 1. The fourth-order valence-corrected chi connectivity index (χ4v) is 3.69. The highest BCUT2D eigenvalue weighted by Crippen LogP contribution is 2.21. The zero-order chi connectivity index (χ0) is 15.1. The molecule has 1 N–H and O–H groups in total. The maximum Gasteiger partial charge on any atom is 0.282 e. The summed E-state index contributed by atoms with van der Waals surface area (Å²) in [6, 6.07) is 3.52. The molecule has 0 bridgehead atoms. The minimum atomic E-state index is -0.281. The molecule has 0 aliphatic rings. The number of thiophene rings is 1. The second-order valence-electron chi connectivity index (χ2n) is 4.67. The minimum absolute atomic E-state index is 0.232. The summed E-state index contributed by atoms with van der Waals surface area (Å²) in [7, 11) is 0. The van der Waals surface area contributed by atoms with Crippen LogP contribution in [-0.2, 0) is 0 Å². The molecule has 0 aliphatic heterocycles. The number of hydrogen-bond acceptors (Lipinski definition) is 5. The van der Waals surface area contributed by atoms with Crippen LogP contribution in [0.1, 0.15) is 25.9 Å². The molecule has 0 aromatic carbocycles. The quantitative estimate of drug-likeness (QED) is 0.790. The topological polar surface area (TPSA) is 63.5 Å². The summed E-state index contributed by atoms with van der Waals surface area (Å²) in [5.41, 5.74) is 1.40. The van der Waals surface area contributed by atoms with Gasteiger partial charge in [-0.05, 0) is 32.2 Å². The number of hydrogen-bond donors (Lipinski definition) is 1. The van der Waals surface area contributed by atoms with Gasteiger partial charge in [-0.2, -0.15) is 0 Å². The van der Waals surface area contributed by atoms with Gasteiger partial charge in [-0.25, -0.2) is 4.98 Å². The third kappa shape index (κ3) is 2.28. The number of rotatable bonds is 2. The molecule has 0 fully saturated rings. The van der Waals surface area contributed by atoms with Crippen molar-refractivity contribution < 1.29 is 4.79 Å². The van der Waals surface area contributed by atoms with Crippen LogP contribution in [0, 0.1) is 20.8 Å². The number of nitrogens with zero attached hydrogens (tertiary/aromatic N) is 2. The largest absolute Gasteiger partial charge is 0.315 e. The van der Waals surface area contributed by atoms with E-state index in [2.05, 4.69) is 10.3 Å². The molecule has 0 aliphatic carbocycles. The van der Waals surface area contributed by atoms with Gasteiger partial charge in [-0.1, -0.05) is 6.07 Å². The Morgan fingerprint density at radius 1 is 1.33 bits per heavy atom. The molecular weight excluding hydrogens is 306 g/mol. The Morgan fingerprint density at radius 3 is 2.76 bits per heavy atom. The number of thiazole rings is 1. The van der Waals surface area contributed by atoms with Crippen LogP contribution in [0.2, 0.25) is 0 Å². The number of carbonyl (C=O) groups is 1. The van der Waals surface area contributed by atoms with E-state index < -0.39 is 0 Å². The molecule has 0 saturated heterocycles. The first-order valence-corrected chi connectivity index (χ1v) is 8.03. The summed E-state index contributed by atoms with van der Waals surface area (Å²) in [6.45, 7) is 5.56.